The molecule has 1 N–H and O–H groups in total. The van der Waals surface area contributed by atoms with Crippen molar-refractivity contribution < 1.29 is 9.90 Å². The number of carboxylic acids is 1. The van der Waals surface area contributed by atoms with Gasteiger partial charge in [-0.25, -0.2) is 0 Å². The van der Waals surface area contributed by atoms with Gasteiger partial charge in [-0.3, -0.25) is 9.69 Å². The smallest absolute Gasteiger partial charge is 0.303 e. The molecule has 0 aliphatic carbocycles. The third kappa shape index (κ3) is 5.11. The summed E-state index contributed by atoms with van der Waals surface area (Å²) in [6.07, 6.45) is 5.68. The third-order valence-corrected chi connectivity index (χ3v) is 4.90. The van der Waals surface area contributed by atoms with Gasteiger partial charge < -0.3 is 5.11 Å². The number of benzene rings is 1. The van der Waals surface area contributed by atoms with Crippen molar-refractivity contribution in [2.75, 3.05) is 6.54 Å². The largest absolute Gasteiger partial charge is 0.481 e. The van der Waals surface area contributed by atoms with Crippen LogP contribution >= 0.6 is 15.9 Å². The molecule has 0 saturated carbocycles. The third-order valence-electron chi connectivity index (χ3n) is 4.37. The molecule has 1 aliphatic rings. The van der Waals surface area contributed by atoms with Gasteiger partial charge in [0.25, 0.3) is 0 Å². The first-order valence-electron chi connectivity index (χ1n) is 7.78. The van der Waals surface area contributed by atoms with Crippen molar-refractivity contribution in [1.29, 1.82) is 0 Å². The molecule has 2 atom stereocenters. The molecule has 0 aromatic heterocycles. The fourth-order valence-electron chi connectivity index (χ4n) is 3.28. The summed E-state index contributed by atoms with van der Waals surface area (Å²) in [5.74, 6) is -0.680. The average Bonchev–Trinajstić information content (AvgIpc) is 2.47. The van der Waals surface area contributed by atoms with Gasteiger partial charge in [-0.15, -0.1) is 0 Å². The number of likely N-dealkylation sites (tertiary alicyclic amines) is 1. The molecule has 1 aromatic carbocycles. The average molecular weight is 354 g/mol. The molecule has 3 nitrogen and oxygen atoms in total. The molecule has 0 radical (unpaired) electrons. The lowest BCUT2D eigenvalue weighted by molar-refractivity contribution is -0.137. The highest BCUT2D eigenvalue weighted by Crippen LogP contribution is 2.25. The first-order chi connectivity index (χ1) is 10.1. The molecule has 0 amide bonds. The minimum atomic E-state index is -0.680. The topological polar surface area (TPSA) is 40.5 Å². The number of hydrogen-bond acceptors (Lipinski definition) is 2. The molecule has 1 heterocycles. The molecule has 1 saturated heterocycles. The summed E-state index contributed by atoms with van der Waals surface area (Å²) in [6.45, 7) is 3.36. The van der Waals surface area contributed by atoms with Crippen LogP contribution in [0.15, 0.2) is 28.7 Å². The van der Waals surface area contributed by atoms with Crippen LogP contribution in [0.5, 0.6) is 0 Å². The van der Waals surface area contributed by atoms with Gasteiger partial charge in [0.1, 0.15) is 0 Å². The Balaban J connectivity index is 1.95. The van der Waals surface area contributed by atoms with Crippen LogP contribution in [0.4, 0.5) is 0 Å². The lowest BCUT2D eigenvalue weighted by Crippen LogP contribution is -2.46. The van der Waals surface area contributed by atoms with E-state index in [0.717, 1.165) is 30.3 Å². The van der Waals surface area contributed by atoms with E-state index in [1.165, 1.54) is 18.4 Å². The number of carbonyl (C=O) groups is 1. The minimum absolute atomic E-state index is 0.284. The second-order valence-corrected chi connectivity index (χ2v) is 6.92. The molecule has 0 bridgehead atoms. The molecular weight excluding hydrogens is 330 g/mol. The predicted molar refractivity (Wildman–Crippen MR) is 88.5 cm³/mol. The summed E-state index contributed by atoms with van der Waals surface area (Å²) >= 11 is 3.47. The van der Waals surface area contributed by atoms with E-state index in [4.69, 9.17) is 5.11 Å². The van der Waals surface area contributed by atoms with Crippen LogP contribution in [-0.4, -0.2) is 34.6 Å². The van der Waals surface area contributed by atoms with Gasteiger partial charge in [0.15, 0.2) is 0 Å². The van der Waals surface area contributed by atoms with Crippen molar-refractivity contribution >= 4 is 21.9 Å². The van der Waals surface area contributed by atoms with Crippen molar-refractivity contribution in [3.8, 4) is 0 Å². The summed E-state index contributed by atoms with van der Waals surface area (Å²) in [5, 5.41) is 8.91. The highest BCUT2D eigenvalue weighted by molar-refractivity contribution is 9.10. The van der Waals surface area contributed by atoms with E-state index in [2.05, 4.69) is 52.0 Å². The van der Waals surface area contributed by atoms with Gasteiger partial charge in [0.05, 0.1) is 0 Å². The predicted octanol–water partition coefficient (Wildman–Crippen LogP) is 4.10. The second-order valence-electron chi connectivity index (χ2n) is 6.00. The number of carboxylic acid groups (broad SMARTS) is 1. The number of aliphatic carboxylic acids is 1. The van der Waals surface area contributed by atoms with Crippen molar-refractivity contribution in [3.05, 3.63) is 34.3 Å². The molecular formula is C17H24BrNO2. The van der Waals surface area contributed by atoms with Gasteiger partial charge in [-0.2, -0.15) is 0 Å². The Morgan fingerprint density at radius 1 is 1.38 bits per heavy atom. The molecule has 2 unspecified atom stereocenters. The Bertz CT molecular complexity index is 460. The molecule has 1 aliphatic heterocycles. The molecule has 4 heteroatoms. The Kier molecular flexibility index (Phi) is 6.24. The van der Waals surface area contributed by atoms with E-state index in [0.29, 0.717) is 12.1 Å². The van der Waals surface area contributed by atoms with Crippen LogP contribution in [0.2, 0.25) is 0 Å². The fourth-order valence-corrected chi connectivity index (χ4v) is 3.55. The van der Waals surface area contributed by atoms with E-state index in [1.807, 2.05) is 0 Å². The van der Waals surface area contributed by atoms with E-state index in [1.54, 1.807) is 0 Å². The Hall–Kier alpha value is -0.870. The molecule has 116 valence electrons. The fraction of sp³-hybridized carbons (Fsp3) is 0.588. The van der Waals surface area contributed by atoms with Gasteiger partial charge in [0, 0.05) is 23.0 Å². The Labute approximate surface area is 135 Å². The van der Waals surface area contributed by atoms with E-state index >= 15 is 0 Å². The molecule has 0 spiro atoms. The van der Waals surface area contributed by atoms with E-state index in [-0.39, 0.29) is 6.42 Å². The van der Waals surface area contributed by atoms with Gasteiger partial charge in [0.2, 0.25) is 0 Å². The number of rotatable bonds is 6. The van der Waals surface area contributed by atoms with E-state index < -0.39 is 5.97 Å². The van der Waals surface area contributed by atoms with Gasteiger partial charge in [-0.05, 0) is 56.8 Å². The lowest BCUT2D eigenvalue weighted by atomic mass is 9.94. The van der Waals surface area contributed by atoms with Crippen molar-refractivity contribution in [2.24, 2.45) is 0 Å². The maximum absolute atomic E-state index is 10.8. The Morgan fingerprint density at radius 2 is 2.10 bits per heavy atom. The highest BCUT2D eigenvalue weighted by Gasteiger charge is 2.26. The maximum Gasteiger partial charge on any atom is 0.303 e. The van der Waals surface area contributed by atoms with Crippen molar-refractivity contribution in [1.82, 2.24) is 4.90 Å². The molecule has 21 heavy (non-hydrogen) atoms. The van der Waals surface area contributed by atoms with Crippen LogP contribution in [0, 0.1) is 0 Å². The first kappa shape index (κ1) is 16.5. The van der Waals surface area contributed by atoms with Gasteiger partial charge >= 0.3 is 5.97 Å². The quantitative estimate of drug-likeness (QED) is 0.836. The summed E-state index contributed by atoms with van der Waals surface area (Å²) in [7, 11) is 0. The number of nitrogens with zero attached hydrogens (tertiary/aromatic N) is 1. The SMILES string of the molecule is CC(Cc1ccc(Br)cc1)N1CCCCC1CCC(=O)O. The number of halogens is 1. The van der Waals surface area contributed by atoms with Crippen molar-refractivity contribution in [3.63, 3.8) is 0 Å². The molecule has 2 rings (SSSR count). The zero-order valence-electron chi connectivity index (χ0n) is 12.6. The van der Waals surface area contributed by atoms with Crippen LogP contribution in [0.1, 0.15) is 44.6 Å². The molecule has 1 fully saturated rings. The first-order valence-corrected chi connectivity index (χ1v) is 8.57. The second kappa shape index (κ2) is 7.95. The van der Waals surface area contributed by atoms with Crippen LogP contribution in [-0.2, 0) is 11.2 Å². The summed E-state index contributed by atoms with van der Waals surface area (Å²) in [5.41, 5.74) is 1.34. The summed E-state index contributed by atoms with van der Waals surface area (Å²) in [6, 6.07) is 9.39. The monoisotopic (exact) mass is 353 g/mol. The number of hydrogen-bond donors (Lipinski definition) is 1. The minimum Gasteiger partial charge on any atom is -0.481 e. The van der Waals surface area contributed by atoms with Gasteiger partial charge in [-0.1, -0.05) is 34.5 Å². The summed E-state index contributed by atoms with van der Waals surface area (Å²) in [4.78, 5) is 13.3. The molecule has 1 aromatic rings. The van der Waals surface area contributed by atoms with Crippen LogP contribution in [0.25, 0.3) is 0 Å². The summed E-state index contributed by atoms with van der Waals surface area (Å²) < 4.78 is 1.11. The highest BCUT2D eigenvalue weighted by atomic mass is 79.9. The van der Waals surface area contributed by atoms with Crippen LogP contribution < -0.4 is 0 Å². The normalized spacial score (nSPS) is 21.1. The van der Waals surface area contributed by atoms with Crippen LogP contribution in [0.3, 0.4) is 0 Å². The zero-order chi connectivity index (χ0) is 15.2. The lowest BCUT2D eigenvalue weighted by Gasteiger charge is -2.40. The number of piperidine rings is 1. The van der Waals surface area contributed by atoms with Crippen molar-refractivity contribution in [2.45, 2.75) is 57.5 Å². The maximum atomic E-state index is 10.8. The standard InChI is InChI=1S/C17H24BrNO2/c1-13(12-14-5-7-15(18)8-6-14)19-11-3-2-4-16(19)9-10-17(20)21/h5-8,13,16H,2-4,9-12H2,1H3,(H,20,21). The van der Waals surface area contributed by atoms with E-state index in [9.17, 15) is 4.79 Å². The zero-order valence-corrected chi connectivity index (χ0v) is 14.2. The Morgan fingerprint density at radius 3 is 2.76 bits per heavy atom.